The zero-order chi connectivity index (χ0) is 20.4. The van der Waals surface area contributed by atoms with Crippen LogP contribution in [0, 0.1) is 0 Å². The van der Waals surface area contributed by atoms with Crippen molar-refractivity contribution in [3.8, 4) is 5.75 Å². The lowest BCUT2D eigenvalue weighted by Gasteiger charge is -2.37. The summed E-state index contributed by atoms with van der Waals surface area (Å²) < 4.78 is 8.31. The highest BCUT2D eigenvalue weighted by molar-refractivity contribution is 6.10. The van der Waals surface area contributed by atoms with Crippen LogP contribution in [0.15, 0.2) is 90.5 Å². The van der Waals surface area contributed by atoms with Crippen molar-refractivity contribution in [1.29, 1.82) is 0 Å². The number of hydrogen-bond acceptors (Lipinski definition) is 2. The third kappa shape index (κ3) is 3.29. The van der Waals surface area contributed by atoms with Crippen molar-refractivity contribution in [1.82, 2.24) is 4.90 Å². The molecule has 0 amide bonds. The summed E-state index contributed by atoms with van der Waals surface area (Å²) in [5.74, 6) is 1.73. The molecule has 0 aliphatic carbocycles. The molecule has 2 heterocycles. The molecular formula is C25H29N2O+. The molecule has 3 nitrogen and oxygen atoms in total. The second kappa shape index (κ2) is 7.89. The first kappa shape index (κ1) is 19.7. The van der Waals surface area contributed by atoms with Crippen molar-refractivity contribution in [2.45, 2.75) is 26.8 Å². The summed E-state index contributed by atoms with van der Waals surface area (Å²) in [5.41, 5.74) is 6.46. The van der Waals surface area contributed by atoms with Crippen molar-refractivity contribution in [2.75, 3.05) is 14.1 Å². The normalized spacial score (nSPS) is 21.0. The number of hydrogen-bond donors (Lipinski definition) is 0. The molecule has 0 saturated heterocycles. The van der Waals surface area contributed by atoms with Gasteiger partial charge in [0.15, 0.2) is 17.7 Å². The Bertz CT molecular complexity index is 986. The third-order valence-corrected chi connectivity index (χ3v) is 5.44. The Balaban J connectivity index is 2.46. The maximum Gasteiger partial charge on any atom is 0.186 e. The van der Waals surface area contributed by atoms with Gasteiger partial charge in [-0.15, -0.1) is 0 Å². The zero-order valence-electron chi connectivity index (χ0n) is 17.5. The molecule has 0 aromatic heterocycles. The van der Waals surface area contributed by atoms with Gasteiger partial charge >= 0.3 is 0 Å². The van der Waals surface area contributed by atoms with Crippen LogP contribution in [0.25, 0.3) is 5.57 Å². The average Bonchev–Trinajstić information content (AvgIpc) is 2.70. The largest absolute Gasteiger partial charge is 0.455 e. The Hall–Kier alpha value is -3.07. The fourth-order valence-corrected chi connectivity index (χ4v) is 3.63. The van der Waals surface area contributed by atoms with Crippen LogP contribution in [0.5, 0.6) is 5.75 Å². The fourth-order valence-electron chi connectivity index (χ4n) is 3.63. The van der Waals surface area contributed by atoms with Gasteiger partial charge in [-0.2, -0.15) is 0 Å². The van der Waals surface area contributed by atoms with Gasteiger partial charge < -0.3 is 9.64 Å². The predicted molar refractivity (Wildman–Crippen MR) is 118 cm³/mol. The quantitative estimate of drug-likeness (QED) is 0.404. The predicted octanol–water partition coefficient (Wildman–Crippen LogP) is 5.31. The maximum atomic E-state index is 6.27. The Morgan fingerprint density at radius 2 is 2.00 bits per heavy atom. The van der Waals surface area contributed by atoms with Gasteiger partial charge in [0.2, 0.25) is 0 Å². The van der Waals surface area contributed by atoms with Gasteiger partial charge in [0.05, 0.1) is 11.3 Å². The van der Waals surface area contributed by atoms with Crippen LogP contribution < -0.4 is 4.74 Å². The van der Waals surface area contributed by atoms with Crippen molar-refractivity contribution in [3.05, 3.63) is 96.1 Å². The minimum absolute atomic E-state index is 0.274. The molecule has 144 valence electrons. The van der Waals surface area contributed by atoms with Crippen molar-refractivity contribution >= 4 is 11.3 Å². The highest BCUT2D eigenvalue weighted by Crippen LogP contribution is 2.45. The van der Waals surface area contributed by atoms with Crippen LogP contribution in [0.2, 0.25) is 0 Å². The van der Waals surface area contributed by atoms with E-state index in [0.717, 1.165) is 45.2 Å². The SMILES string of the molecule is C=C[N+](C)=C(C)/C(C(=C)/C=C\C)=C1/C2=C(C=CC(C)N2C)Oc2ccccc21. The molecule has 2 aliphatic heterocycles. The Morgan fingerprint density at radius 3 is 2.68 bits per heavy atom. The van der Waals surface area contributed by atoms with Crippen molar-refractivity contribution in [3.63, 3.8) is 0 Å². The summed E-state index contributed by atoms with van der Waals surface area (Å²) in [5, 5.41) is 0. The smallest absolute Gasteiger partial charge is 0.186 e. The summed E-state index contributed by atoms with van der Waals surface area (Å²) in [6.07, 6.45) is 10.2. The van der Waals surface area contributed by atoms with E-state index in [9.17, 15) is 0 Å². The molecule has 1 aromatic carbocycles. The summed E-state index contributed by atoms with van der Waals surface area (Å²) in [4.78, 5) is 2.27. The van der Waals surface area contributed by atoms with Gasteiger partial charge in [-0.1, -0.05) is 43.0 Å². The van der Waals surface area contributed by atoms with Crippen LogP contribution >= 0.6 is 0 Å². The maximum absolute atomic E-state index is 6.27. The number of benzene rings is 1. The standard InChI is InChI=1S/C25H29N2O/c1-8-12-17(3)23(19(5)26(6)9-2)24-20-13-10-11-14-21(20)28-22-16-15-18(4)27(7)25(22)24/h8-16,18H,2-3H2,1,4-7H3/q+1/b12-8-,24-23+,26-19?. The van der Waals surface area contributed by atoms with Gasteiger partial charge in [0, 0.05) is 31.1 Å². The van der Waals surface area contributed by atoms with Crippen LogP contribution in [-0.4, -0.2) is 35.3 Å². The second-order valence-electron chi connectivity index (χ2n) is 7.18. The van der Waals surface area contributed by atoms with Gasteiger partial charge in [0.25, 0.3) is 0 Å². The van der Waals surface area contributed by atoms with E-state index in [-0.39, 0.29) is 6.04 Å². The average molecular weight is 374 g/mol. The lowest BCUT2D eigenvalue weighted by molar-refractivity contribution is -0.421. The number of rotatable bonds is 4. The van der Waals surface area contributed by atoms with E-state index in [2.05, 4.69) is 69.3 Å². The van der Waals surface area contributed by atoms with E-state index in [1.165, 1.54) is 0 Å². The molecule has 0 bridgehead atoms. The summed E-state index contributed by atoms with van der Waals surface area (Å²) in [6.45, 7) is 14.6. The molecule has 3 heteroatoms. The van der Waals surface area contributed by atoms with E-state index >= 15 is 0 Å². The molecular weight excluding hydrogens is 344 g/mol. The molecule has 3 rings (SSSR count). The molecule has 1 unspecified atom stereocenters. The first-order chi connectivity index (χ1) is 13.4. The number of nitrogens with zero attached hydrogens (tertiary/aromatic N) is 2. The van der Waals surface area contributed by atoms with Crippen LogP contribution in [0.4, 0.5) is 0 Å². The topological polar surface area (TPSA) is 15.5 Å². The van der Waals surface area contributed by atoms with Crippen molar-refractivity contribution < 1.29 is 9.31 Å². The molecule has 0 spiro atoms. The molecule has 1 aromatic rings. The van der Waals surface area contributed by atoms with Crippen LogP contribution in [0.1, 0.15) is 26.3 Å². The van der Waals surface area contributed by atoms with E-state index < -0.39 is 0 Å². The first-order valence-electron chi connectivity index (χ1n) is 9.59. The number of likely N-dealkylation sites (N-methyl/N-ethyl adjacent to an activating group) is 1. The number of para-hydroxylation sites is 1. The Kier molecular flexibility index (Phi) is 5.55. The molecule has 0 fully saturated rings. The van der Waals surface area contributed by atoms with Gasteiger partial charge in [0.1, 0.15) is 12.8 Å². The van der Waals surface area contributed by atoms with E-state index in [1.807, 2.05) is 43.0 Å². The minimum Gasteiger partial charge on any atom is -0.455 e. The monoisotopic (exact) mass is 373 g/mol. The number of allylic oxidation sites excluding steroid dienone is 6. The minimum atomic E-state index is 0.274. The fraction of sp³-hybridized carbons (Fsp3) is 0.240. The van der Waals surface area contributed by atoms with Crippen LogP contribution in [-0.2, 0) is 0 Å². The number of ether oxygens (including phenoxy) is 1. The molecule has 28 heavy (non-hydrogen) atoms. The van der Waals surface area contributed by atoms with Gasteiger partial charge in [-0.3, -0.25) is 0 Å². The van der Waals surface area contributed by atoms with Gasteiger partial charge in [-0.05, 0) is 38.1 Å². The highest BCUT2D eigenvalue weighted by Gasteiger charge is 2.34. The summed E-state index contributed by atoms with van der Waals surface area (Å²) >= 11 is 0. The van der Waals surface area contributed by atoms with E-state index in [1.54, 1.807) is 0 Å². The van der Waals surface area contributed by atoms with E-state index in [4.69, 9.17) is 4.74 Å². The zero-order valence-corrected chi connectivity index (χ0v) is 17.5. The molecule has 0 N–H and O–H groups in total. The Morgan fingerprint density at radius 1 is 1.29 bits per heavy atom. The molecule has 0 saturated carbocycles. The van der Waals surface area contributed by atoms with Crippen LogP contribution in [0.3, 0.4) is 0 Å². The number of fused-ring (bicyclic) bond motifs is 1. The first-order valence-corrected chi connectivity index (χ1v) is 9.59. The molecule has 2 aliphatic rings. The van der Waals surface area contributed by atoms with Gasteiger partial charge in [-0.25, -0.2) is 4.58 Å². The highest BCUT2D eigenvalue weighted by atomic mass is 16.5. The lowest BCUT2D eigenvalue weighted by atomic mass is 9.86. The van der Waals surface area contributed by atoms with E-state index in [0.29, 0.717) is 0 Å². The summed E-state index contributed by atoms with van der Waals surface area (Å²) in [7, 11) is 4.13. The lowest BCUT2D eigenvalue weighted by Crippen LogP contribution is -2.34. The summed E-state index contributed by atoms with van der Waals surface area (Å²) in [6, 6.07) is 8.48. The second-order valence-corrected chi connectivity index (χ2v) is 7.18. The molecule has 0 radical (unpaired) electrons. The van der Waals surface area contributed by atoms with Crippen molar-refractivity contribution in [2.24, 2.45) is 0 Å². The third-order valence-electron chi connectivity index (χ3n) is 5.44. The molecule has 1 atom stereocenters. The Labute approximate surface area is 168 Å².